The molecule has 0 amide bonds. The second kappa shape index (κ2) is 6.55. The van der Waals surface area contributed by atoms with Crippen molar-refractivity contribution in [2.75, 3.05) is 19.6 Å². The van der Waals surface area contributed by atoms with E-state index in [-0.39, 0.29) is 6.54 Å². The van der Waals surface area contributed by atoms with E-state index < -0.39 is 31.3 Å². The summed E-state index contributed by atoms with van der Waals surface area (Å²) >= 11 is 0. The van der Waals surface area contributed by atoms with Gasteiger partial charge in [-0.25, -0.2) is 13.1 Å². The highest BCUT2D eigenvalue weighted by Crippen LogP contribution is 2.26. The van der Waals surface area contributed by atoms with Gasteiger partial charge in [0.15, 0.2) is 4.90 Å². The largest absolute Gasteiger partial charge is 0.324 e. The Kier molecular flexibility index (Phi) is 5.33. The van der Waals surface area contributed by atoms with Crippen molar-refractivity contribution < 1.29 is 17.7 Å². The summed E-state index contributed by atoms with van der Waals surface area (Å²) in [4.78, 5) is 9.01. The Labute approximate surface area is 110 Å². The zero-order valence-electron chi connectivity index (χ0n) is 10.2. The van der Waals surface area contributed by atoms with Crippen molar-refractivity contribution in [2.24, 2.45) is 0 Å². The molecule has 1 aromatic rings. The van der Waals surface area contributed by atoms with Gasteiger partial charge in [0.1, 0.15) is 0 Å². The van der Waals surface area contributed by atoms with E-state index >= 15 is 0 Å². The number of nitro benzene ring substituents is 1. The highest BCUT2D eigenvalue weighted by Gasteiger charge is 2.28. The molecule has 0 saturated carbocycles. The lowest BCUT2D eigenvalue weighted by atomic mass is 10.3. The van der Waals surface area contributed by atoms with E-state index in [4.69, 9.17) is 0 Å². The maximum Gasteiger partial charge on any atom is 0.324 e. The SMILES string of the molecule is CCNCCNS(=O)(=O)c1cccc(F)c1[N+](=O)[O-]. The summed E-state index contributed by atoms with van der Waals surface area (Å²) in [5, 5.41) is 13.6. The zero-order valence-corrected chi connectivity index (χ0v) is 11.0. The van der Waals surface area contributed by atoms with Crippen LogP contribution in [0, 0.1) is 15.9 Å². The van der Waals surface area contributed by atoms with Crippen molar-refractivity contribution in [3.8, 4) is 0 Å². The molecule has 0 spiro atoms. The van der Waals surface area contributed by atoms with Crippen LogP contribution in [0.3, 0.4) is 0 Å². The number of nitrogens with zero attached hydrogens (tertiary/aromatic N) is 1. The van der Waals surface area contributed by atoms with E-state index in [1.54, 1.807) is 0 Å². The van der Waals surface area contributed by atoms with Gasteiger partial charge in [0.05, 0.1) is 4.92 Å². The molecule has 1 rings (SSSR count). The van der Waals surface area contributed by atoms with E-state index in [1.165, 1.54) is 0 Å². The lowest BCUT2D eigenvalue weighted by Crippen LogP contribution is -2.32. The highest BCUT2D eigenvalue weighted by atomic mass is 32.2. The number of nitro groups is 1. The molecule has 106 valence electrons. The standard InChI is InChI=1S/C10H14FN3O4S/c1-2-12-6-7-13-19(17,18)9-5-3-4-8(11)10(9)14(15)16/h3-5,12-13H,2,6-7H2,1H3. The molecule has 1 aromatic carbocycles. The molecule has 0 aliphatic carbocycles. The molecule has 2 N–H and O–H groups in total. The second-order valence-electron chi connectivity index (χ2n) is 3.60. The van der Waals surface area contributed by atoms with Crippen molar-refractivity contribution >= 4 is 15.7 Å². The fourth-order valence-electron chi connectivity index (χ4n) is 1.42. The minimum absolute atomic E-state index is 0.0594. The third-order valence-electron chi connectivity index (χ3n) is 2.27. The lowest BCUT2D eigenvalue weighted by molar-refractivity contribution is -0.390. The summed E-state index contributed by atoms with van der Waals surface area (Å²) in [7, 11) is -4.11. The van der Waals surface area contributed by atoms with Crippen LogP contribution in [0.4, 0.5) is 10.1 Å². The highest BCUT2D eigenvalue weighted by molar-refractivity contribution is 7.89. The predicted molar refractivity (Wildman–Crippen MR) is 66.8 cm³/mol. The van der Waals surface area contributed by atoms with Crippen LogP contribution in [-0.2, 0) is 10.0 Å². The molecule has 19 heavy (non-hydrogen) atoms. The number of nitrogens with one attached hydrogen (secondary N) is 2. The molecule has 0 fully saturated rings. The number of likely N-dealkylation sites (N-methyl/N-ethyl adjacent to an activating group) is 1. The maximum absolute atomic E-state index is 13.3. The predicted octanol–water partition coefficient (Wildman–Crippen LogP) is 0.622. The Bertz CT molecular complexity index is 562. The number of benzene rings is 1. The first-order valence-corrected chi connectivity index (χ1v) is 7.01. The molecular formula is C10H14FN3O4S. The smallest absolute Gasteiger partial charge is 0.316 e. The van der Waals surface area contributed by atoms with Gasteiger partial charge in [0.25, 0.3) is 0 Å². The molecule has 0 heterocycles. The first-order chi connectivity index (χ1) is 8.90. The summed E-state index contributed by atoms with van der Waals surface area (Å²) in [6.07, 6.45) is 0. The van der Waals surface area contributed by atoms with Gasteiger partial charge in [0, 0.05) is 13.1 Å². The van der Waals surface area contributed by atoms with Gasteiger partial charge in [-0.05, 0) is 18.7 Å². The van der Waals surface area contributed by atoms with Crippen molar-refractivity contribution in [1.82, 2.24) is 10.0 Å². The normalized spacial score (nSPS) is 11.5. The monoisotopic (exact) mass is 291 g/mol. The topological polar surface area (TPSA) is 101 Å². The van der Waals surface area contributed by atoms with Crippen molar-refractivity contribution in [2.45, 2.75) is 11.8 Å². The van der Waals surface area contributed by atoms with Gasteiger partial charge in [-0.3, -0.25) is 10.1 Å². The summed E-state index contributed by atoms with van der Waals surface area (Å²) < 4.78 is 39.2. The third-order valence-corrected chi connectivity index (χ3v) is 3.76. The molecule has 9 heteroatoms. The Morgan fingerprint density at radius 3 is 2.63 bits per heavy atom. The van der Waals surface area contributed by atoms with E-state index in [2.05, 4.69) is 10.0 Å². The Balaban J connectivity index is 3.01. The molecule has 0 bridgehead atoms. The van der Waals surface area contributed by atoms with Crippen molar-refractivity contribution in [1.29, 1.82) is 0 Å². The first kappa shape index (κ1) is 15.5. The molecule has 0 unspecified atom stereocenters. The molecular weight excluding hydrogens is 277 g/mol. The number of sulfonamides is 1. The van der Waals surface area contributed by atoms with E-state index in [9.17, 15) is 22.9 Å². The maximum atomic E-state index is 13.3. The fourth-order valence-corrected chi connectivity index (χ4v) is 2.63. The lowest BCUT2D eigenvalue weighted by Gasteiger charge is -2.07. The fraction of sp³-hybridized carbons (Fsp3) is 0.400. The molecule has 0 radical (unpaired) electrons. The number of hydrogen-bond donors (Lipinski definition) is 2. The van der Waals surface area contributed by atoms with Crippen molar-refractivity contribution in [3.63, 3.8) is 0 Å². The summed E-state index contributed by atoms with van der Waals surface area (Å²) in [5.74, 6) is -1.18. The van der Waals surface area contributed by atoms with Crippen LogP contribution in [-0.4, -0.2) is 33.0 Å². The van der Waals surface area contributed by atoms with Crippen molar-refractivity contribution in [3.05, 3.63) is 34.1 Å². The summed E-state index contributed by atoms with van der Waals surface area (Å²) in [5.41, 5.74) is -1.04. The minimum atomic E-state index is -4.11. The minimum Gasteiger partial charge on any atom is -0.316 e. The molecule has 0 aliphatic rings. The van der Waals surface area contributed by atoms with Crippen LogP contribution in [0.5, 0.6) is 0 Å². The number of halogens is 1. The van der Waals surface area contributed by atoms with E-state index in [0.29, 0.717) is 13.1 Å². The van der Waals surface area contributed by atoms with Crippen LogP contribution in [0.25, 0.3) is 0 Å². The van der Waals surface area contributed by atoms with Gasteiger partial charge in [0.2, 0.25) is 15.8 Å². The second-order valence-corrected chi connectivity index (χ2v) is 5.33. The third kappa shape index (κ3) is 3.94. The van der Waals surface area contributed by atoms with Gasteiger partial charge < -0.3 is 5.32 Å². The summed E-state index contributed by atoms with van der Waals surface area (Å²) in [6.45, 7) is 2.95. The van der Waals surface area contributed by atoms with Crippen LogP contribution in [0.2, 0.25) is 0 Å². The first-order valence-electron chi connectivity index (χ1n) is 5.53. The molecule has 0 saturated heterocycles. The number of rotatable bonds is 7. The van der Waals surface area contributed by atoms with Gasteiger partial charge in [-0.15, -0.1) is 0 Å². The Hall–Kier alpha value is -1.58. The van der Waals surface area contributed by atoms with Gasteiger partial charge in [-0.2, -0.15) is 4.39 Å². The molecule has 0 aromatic heterocycles. The van der Waals surface area contributed by atoms with E-state index in [0.717, 1.165) is 18.2 Å². The quantitative estimate of drug-likeness (QED) is 0.435. The van der Waals surface area contributed by atoms with Crippen LogP contribution >= 0.6 is 0 Å². The Morgan fingerprint density at radius 2 is 2.05 bits per heavy atom. The molecule has 7 nitrogen and oxygen atoms in total. The van der Waals surface area contributed by atoms with Gasteiger partial charge in [-0.1, -0.05) is 13.0 Å². The zero-order chi connectivity index (χ0) is 14.5. The summed E-state index contributed by atoms with van der Waals surface area (Å²) in [6, 6.07) is 2.95. The van der Waals surface area contributed by atoms with Crippen LogP contribution in [0.1, 0.15) is 6.92 Å². The molecule has 0 aliphatic heterocycles. The van der Waals surface area contributed by atoms with Crippen LogP contribution < -0.4 is 10.0 Å². The Morgan fingerprint density at radius 1 is 1.37 bits per heavy atom. The number of para-hydroxylation sites is 1. The average Bonchev–Trinajstić information content (AvgIpc) is 2.34. The number of hydrogen-bond acceptors (Lipinski definition) is 5. The van der Waals surface area contributed by atoms with E-state index in [1.807, 2.05) is 6.92 Å². The molecule has 0 atom stereocenters. The van der Waals surface area contributed by atoms with Crippen LogP contribution in [0.15, 0.2) is 23.1 Å². The average molecular weight is 291 g/mol. The van der Waals surface area contributed by atoms with Gasteiger partial charge >= 0.3 is 5.69 Å².